The quantitative estimate of drug-likeness (QED) is 0.742. The van der Waals surface area contributed by atoms with Crippen LogP contribution in [0.5, 0.6) is 0 Å². The van der Waals surface area contributed by atoms with E-state index in [1.807, 2.05) is 0 Å². The molecule has 3 rings (SSSR count). The highest BCUT2D eigenvalue weighted by Crippen LogP contribution is 2.31. The van der Waals surface area contributed by atoms with Gasteiger partial charge in [-0.25, -0.2) is 9.67 Å². The van der Waals surface area contributed by atoms with Crippen molar-refractivity contribution in [2.24, 2.45) is 0 Å². The number of nitrogens with zero attached hydrogens (tertiary/aromatic N) is 4. The van der Waals surface area contributed by atoms with Crippen molar-refractivity contribution in [2.75, 3.05) is 14.1 Å². The number of fused-ring (bicyclic) bond motifs is 1. The van der Waals surface area contributed by atoms with Gasteiger partial charge >= 0.3 is 6.18 Å². The Morgan fingerprint density at radius 3 is 2.36 bits per heavy atom. The Morgan fingerprint density at radius 1 is 1.21 bits per heavy atom. The second kappa shape index (κ2) is 6.77. The smallest absolute Gasteiger partial charge is 0.343 e. The molecule has 1 N–H and O–H groups in total. The van der Waals surface area contributed by atoms with Crippen LogP contribution >= 0.6 is 0 Å². The van der Waals surface area contributed by atoms with Gasteiger partial charge in [-0.2, -0.15) is 18.3 Å². The van der Waals surface area contributed by atoms with Crippen LogP contribution in [0.3, 0.4) is 0 Å². The van der Waals surface area contributed by atoms with Crippen molar-refractivity contribution in [1.82, 2.24) is 24.6 Å². The maximum Gasteiger partial charge on any atom is 0.416 e. The van der Waals surface area contributed by atoms with E-state index in [1.54, 1.807) is 13.8 Å². The zero-order chi connectivity index (χ0) is 20.8. The molecule has 1 aromatic carbocycles. The summed E-state index contributed by atoms with van der Waals surface area (Å²) in [6.45, 7) is 3.30. The summed E-state index contributed by atoms with van der Waals surface area (Å²) in [6, 6.07) is 4.09. The fraction of sp³-hybridized carbons (Fsp3) is 0.333. The number of aryl methyl sites for hydroxylation is 1. The number of aromatic nitrogens is 4. The van der Waals surface area contributed by atoms with E-state index in [2.05, 4.69) is 15.1 Å². The summed E-state index contributed by atoms with van der Waals surface area (Å²) in [5.74, 6) is -0.137. The molecule has 7 nitrogen and oxygen atoms in total. The molecule has 0 unspecified atom stereocenters. The summed E-state index contributed by atoms with van der Waals surface area (Å²) in [5, 5.41) is 4.33. The van der Waals surface area contributed by atoms with Crippen LogP contribution in [0.25, 0.3) is 11.0 Å². The molecule has 0 fully saturated rings. The van der Waals surface area contributed by atoms with Gasteiger partial charge in [0.05, 0.1) is 11.6 Å². The second-order valence-electron chi connectivity index (χ2n) is 6.64. The molecule has 0 aliphatic carbocycles. The summed E-state index contributed by atoms with van der Waals surface area (Å²) in [4.78, 5) is 33.0. The van der Waals surface area contributed by atoms with Gasteiger partial charge in [0.15, 0.2) is 11.3 Å². The first kappa shape index (κ1) is 19.6. The lowest BCUT2D eigenvalue weighted by molar-refractivity contribution is -0.137. The predicted octanol–water partition coefficient (Wildman–Crippen LogP) is 2.76. The van der Waals surface area contributed by atoms with Crippen molar-refractivity contribution in [3.63, 3.8) is 0 Å². The van der Waals surface area contributed by atoms with E-state index < -0.39 is 29.2 Å². The minimum absolute atomic E-state index is 0.0445. The zero-order valence-corrected chi connectivity index (χ0v) is 15.6. The molecular weight excluding hydrogens is 375 g/mol. The molecule has 148 valence electrons. The van der Waals surface area contributed by atoms with Gasteiger partial charge < -0.3 is 9.88 Å². The average molecular weight is 393 g/mol. The molecule has 0 spiro atoms. The van der Waals surface area contributed by atoms with E-state index in [-0.39, 0.29) is 16.7 Å². The van der Waals surface area contributed by atoms with Crippen molar-refractivity contribution in [3.8, 4) is 0 Å². The van der Waals surface area contributed by atoms with Crippen molar-refractivity contribution >= 4 is 16.9 Å². The molecule has 1 atom stereocenters. The fourth-order valence-electron chi connectivity index (χ4n) is 2.88. The minimum Gasteiger partial charge on any atom is -0.343 e. The molecule has 28 heavy (non-hydrogen) atoms. The third-order valence-corrected chi connectivity index (χ3v) is 4.38. The predicted molar refractivity (Wildman–Crippen MR) is 96.2 cm³/mol. The lowest BCUT2D eigenvalue weighted by Crippen LogP contribution is -2.24. The van der Waals surface area contributed by atoms with E-state index in [9.17, 15) is 22.8 Å². The van der Waals surface area contributed by atoms with Crippen LogP contribution in [0.15, 0.2) is 29.1 Å². The molecule has 1 amide bonds. The summed E-state index contributed by atoms with van der Waals surface area (Å²) in [6.07, 6.45) is -4.43. The first-order valence-corrected chi connectivity index (χ1v) is 8.38. The third-order valence-electron chi connectivity index (χ3n) is 4.38. The number of amides is 1. The molecule has 3 aromatic rings. The van der Waals surface area contributed by atoms with Crippen LogP contribution in [0.2, 0.25) is 0 Å². The van der Waals surface area contributed by atoms with Gasteiger partial charge in [0.1, 0.15) is 11.2 Å². The number of halogens is 3. The lowest BCUT2D eigenvalue weighted by Gasteiger charge is -2.15. The summed E-state index contributed by atoms with van der Waals surface area (Å²) < 4.78 is 39.8. The van der Waals surface area contributed by atoms with Gasteiger partial charge in [0, 0.05) is 14.1 Å². The van der Waals surface area contributed by atoms with Gasteiger partial charge in [0.25, 0.3) is 11.5 Å². The number of H-pyrrole nitrogens is 1. The van der Waals surface area contributed by atoms with Gasteiger partial charge in [-0.3, -0.25) is 9.59 Å². The number of carbonyl (C=O) groups excluding carboxylic acids is 1. The Bertz CT molecular complexity index is 1100. The number of nitrogens with one attached hydrogen (secondary N) is 1. The van der Waals surface area contributed by atoms with Crippen molar-refractivity contribution < 1.29 is 18.0 Å². The van der Waals surface area contributed by atoms with Gasteiger partial charge in [-0.15, -0.1) is 0 Å². The Kier molecular flexibility index (Phi) is 4.74. The van der Waals surface area contributed by atoms with Gasteiger partial charge in [-0.1, -0.05) is 12.1 Å². The molecule has 0 radical (unpaired) electrons. The largest absolute Gasteiger partial charge is 0.416 e. The Morgan fingerprint density at radius 2 is 1.82 bits per heavy atom. The molecule has 2 heterocycles. The van der Waals surface area contributed by atoms with Crippen molar-refractivity contribution in [2.45, 2.75) is 26.1 Å². The lowest BCUT2D eigenvalue weighted by atomic mass is 10.1. The number of benzene rings is 1. The van der Waals surface area contributed by atoms with E-state index in [4.69, 9.17) is 0 Å². The number of rotatable bonds is 3. The number of hydrogen-bond acceptors (Lipinski definition) is 4. The molecule has 0 bridgehead atoms. The number of aromatic amines is 1. The van der Waals surface area contributed by atoms with Gasteiger partial charge in [-0.05, 0) is 31.5 Å². The van der Waals surface area contributed by atoms with Crippen LogP contribution in [0, 0.1) is 6.92 Å². The van der Waals surface area contributed by atoms with E-state index in [0.717, 1.165) is 12.1 Å². The SMILES string of the molecule is Cc1nc2c(c(C(=O)N(C)C)nn2[C@@H](C)c2ccc(C(F)(F)F)cc2)c(=O)[nH]1. The first-order chi connectivity index (χ1) is 13.0. The fourth-order valence-corrected chi connectivity index (χ4v) is 2.88. The maximum absolute atomic E-state index is 12.8. The highest BCUT2D eigenvalue weighted by molar-refractivity contribution is 6.03. The summed E-state index contributed by atoms with van der Waals surface area (Å²) >= 11 is 0. The van der Waals surface area contributed by atoms with Crippen LogP contribution in [0.4, 0.5) is 13.2 Å². The van der Waals surface area contributed by atoms with Crippen LogP contribution in [0.1, 0.15) is 40.4 Å². The van der Waals surface area contributed by atoms with Crippen LogP contribution < -0.4 is 5.56 Å². The van der Waals surface area contributed by atoms with Crippen molar-refractivity contribution in [3.05, 3.63) is 57.3 Å². The molecule has 10 heteroatoms. The maximum atomic E-state index is 12.8. The van der Waals surface area contributed by atoms with Crippen LogP contribution in [-0.4, -0.2) is 44.7 Å². The second-order valence-corrected chi connectivity index (χ2v) is 6.64. The standard InChI is InChI=1S/C18H18F3N5O2/c1-9(11-5-7-12(8-6-11)18(19,20)21)26-15-13(16(27)23-10(2)22-15)14(24-26)17(28)25(3)4/h5-9H,1-4H3,(H,22,23,27)/t9-/m0/s1. The molecule has 0 saturated heterocycles. The van der Waals surface area contributed by atoms with Crippen LogP contribution in [-0.2, 0) is 6.18 Å². The highest BCUT2D eigenvalue weighted by atomic mass is 19.4. The topological polar surface area (TPSA) is 83.9 Å². The highest BCUT2D eigenvalue weighted by Gasteiger charge is 2.30. The Labute approximate surface area is 157 Å². The summed E-state index contributed by atoms with van der Waals surface area (Å²) in [7, 11) is 3.06. The molecular formula is C18H18F3N5O2. The monoisotopic (exact) mass is 393 g/mol. The zero-order valence-electron chi connectivity index (χ0n) is 15.6. The molecule has 0 saturated carbocycles. The Balaban J connectivity index is 2.17. The van der Waals surface area contributed by atoms with Gasteiger partial charge in [0.2, 0.25) is 0 Å². The van der Waals surface area contributed by atoms with E-state index in [0.29, 0.717) is 11.4 Å². The number of carbonyl (C=O) groups is 1. The minimum atomic E-state index is -4.43. The number of alkyl halides is 3. The number of hydrogen-bond donors (Lipinski definition) is 1. The first-order valence-electron chi connectivity index (χ1n) is 8.38. The normalized spacial score (nSPS) is 13.0. The van der Waals surface area contributed by atoms with E-state index >= 15 is 0 Å². The van der Waals surface area contributed by atoms with Crippen molar-refractivity contribution in [1.29, 1.82) is 0 Å². The molecule has 0 aliphatic rings. The third kappa shape index (κ3) is 3.37. The Hall–Kier alpha value is -3.17. The molecule has 0 aliphatic heterocycles. The average Bonchev–Trinajstić information content (AvgIpc) is 2.99. The summed E-state index contributed by atoms with van der Waals surface area (Å²) in [5.41, 5.74) is -0.603. The molecule has 2 aromatic heterocycles. The van der Waals surface area contributed by atoms with E-state index in [1.165, 1.54) is 35.8 Å².